The van der Waals surface area contributed by atoms with Crippen molar-refractivity contribution in [3.05, 3.63) is 97.6 Å². The molecule has 220 valence electrons. The van der Waals surface area contributed by atoms with Crippen molar-refractivity contribution in [2.24, 2.45) is 0 Å². The van der Waals surface area contributed by atoms with Gasteiger partial charge in [-0.1, -0.05) is 37.3 Å². The van der Waals surface area contributed by atoms with Crippen LogP contribution >= 0.6 is 0 Å². The van der Waals surface area contributed by atoms with Crippen molar-refractivity contribution < 1.29 is 28.2 Å². The number of aromatic nitrogens is 2. The predicted molar refractivity (Wildman–Crippen MR) is 155 cm³/mol. The largest absolute Gasteiger partial charge is 0.458 e. The van der Waals surface area contributed by atoms with Crippen LogP contribution in [0.3, 0.4) is 0 Å². The van der Waals surface area contributed by atoms with Crippen LogP contribution in [0.15, 0.2) is 47.3 Å². The number of hydrogen-bond acceptors (Lipinski definition) is 7. The number of esters is 1. The van der Waals surface area contributed by atoms with Gasteiger partial charge in [0.15, 0.2) is 5.60 Å². The molecule has 43 heavy (non-hydrogen) atoms. The molecule has 0 saturated carbocycles. The van der Waals surface area contributed by atoms with Gasteiger partial charge in [0, 0.05) is 29.7 Å². The summed E-state index contributed by atoms with van der Waals surface area (Å²) in [6.45, 7) is 3.73. The van der Waals surface area contributed by atoms with Crippen molar-refractivity contribution in [1.82, 2.24) is 14.9 Å². The number of carbonyl (C=O) groups excluding carboxylic acids is 2. The van der Waals surface area contributed by atoms with Crippen LogP contribution < -0.4 is 10.9 Å². The van der Waals surface area contributed by atoms with Crippen LogP contribution in [0.1, 0.15) is 64.8 Å². The summed E-state index contributed by atoms with van der Waals surface area (Å²) in [5.41, 5.74) is 4.43. The maximum absolute atomic E-state index is 15.1. The van der Waals surface area contributed by atoms with Crippen LogP contribution in [0, 0.1) is 12.7 Å². The summed E-state index contributed by atoms with van der Waals surface area (Å²) in [6.07, 6.45) is 0.772. The van der Waals surface area contributed by atoms with E-state index in [0.29, 0.717) is 46.4 Å². The van der Waals surface area contributed by atoms with Gasteiger partial charge in [0.2, 0.25) is 0 Å². The Morgan fingerprint density at radius 3 is 2.72 bits per heavy atom. The first-order valence-electron chi connectivity index (χ1n) is 14.4. The minimum absolute atomic E-state index is 0.121. The van der Waals surface area contributed by atoms with Crippen LogP contribution in [-0.4, -0.2) is 28.7 Å². The summed E-state index contributed by atoms with van der Waals surface area (Å²) < 4.78 is 33.4. The van der Waals surface area contributed by atoms with E-state index in [1.165, 1.54) is 13.2 Å². The van der Waals surface area contributed by atoms with Crippen LogP contribution in [-0.2, 0) is 50.8 Å². The minimum atomic E-state index is -1.42. The number of carbonyl (C=O) groups is 2. The summed E-state index contributed by atoms with van der Waals surface area (Å²) in [6, 6.07) is 12.2. The quantitative estimate of drug-likeness (QED) is 0.287. The molecule has 0 radical (unpaired) electrons. The highest BCUT2D eigenvalue weighted by Crippen LogP contribution is 2.46. The molecule has 2 atom stereocenters. The van der Waals surface area contributed by atoms with Crippen LogP contribution in [0.4, 0.5) is 9.18 Å². The fourth-order valence-electron chi connectivity index (χ4n) is 6.93. The average molecular weight is 584 g/mol. The number of nitrogens with zero attached hydrogens (tertiary/aromatic N) is 2. The van der Waals surface area contributed by atoms with Gasteiger partial charge in [-0.15, -0.1) is 0 Å². The molecule has 2 aromatic heterocycles. The second kappa shape index (κ2) is 10.0. The molecule has 1 aliphatic carbocycles. The number of pyridine rings is 2. The molecule has 7 rings (SSSR count). The lowest BCUT2D eigenvalue weighted by Crippen LogP contribution is -2.45. The van der Waals surface area contributed by atoms with Crippen molar-refractivity contribution >= 4 is 23.0 Å². The van der Waals surface area contributed by atoms with Crippen molar-refractivity contribution in [1.29, 1.82) is 0 Å². The van der Waals surface area contributed by atoms with E-state index in [-0.39, 0.29) is 37.6 Å². The maximum Gasteiger partial charge on any atom is 0.407 e. The topological polar surface area (TPSA) is 109 Å². The standard InChI is InChI=1S/C33H30FN3O6/c1-4-33(41-3)22-12-26-29-20(14-37(26)30(38)21(22)16-42-31(33)39)28-24(36-32(40)43-15-18-8-6-5-7-9-18)11-10-19-17(2)23(34)13-25(35-29)27(19)28/h5-9,12-13,24H,4,10-11,14-16H2,1-3H3,(H,36,40)/t24-,33-/m0/s1. The summed E-state index contributed by atoms with van der Waals surface area (Å²) in [4.78, 5) is 44.7. The van der Waals surface area contributed by atoms with Crippen molar-refractivity contribution in [3.8, 4) is 11.4 Å². The van der Waals surface area contributed by atoms with Crippen LogP contribution in [0.5, 0.6) is 0 Å². The lowest BCUT2D eigenvalue weighted by atomic mass is 9.81. The number of amides is 1. The van der Waals surface area contributed by atoms with E-state index >= 15 is 4.39 Å². The Kier molecular flexibility index (Phi) is 6.35. The predicted octanol–water partition coefficient (Wildman–Crippen LogP) is 5.09. The molecule has 1 N–H and O–H groups in total. The Balaban J connectivity index is 1.37. The van der Waals surface area contributed by atoms with Crippen molar-refractivity contribution in [2.45, 2.75) is 64.5 Å². The fraction of sp³-hybridized carbons (Fsp3) is 0.333. The highest BCUT2D eigenvalue weighted by Gasteiger charge is 2.47. The van der Waals surface area contributed by atoms with Gasteiger partial charge >= 0.3 is 12.1 Å². The van der Waals surface area contributed by atoms with Gasteiger partial charge in [-0.3, -0.25) is 4.79 Å². The third kappa shape index (κ3) is 4.00. The number of alkyl carbamates (subject to hydrolysis) is 1. The number of nitrogens with one attached hydrogen (secondary N) is 1. The third-order valence-electron chi connectivity index (χ3n) is 9.20. The third-order valence-corrected chi connectivity index (χ3v) is 9.20. The summed E-state index contributed by atoms with van der Waals surface area (Å²) >= 11 is 0. The van der Waals surface area contributed by atoms with Crippen LogP contribution in [0.2, 0.25) is 0 Å². The zero-order valence-corrected chi connectivity index (χ0v) is 24.1. The van der Waals surface area contributed by atoms with Gasteiger partial charge in [0.05, 0.1) is 35.1 Å². The second-order valence-electron chi connectivity index (χ2n) is 11.3. The number of benzene rings is 2. The number of methoxy groups -OCH3 is 1. The normalized spacial score (nSPS) is 19.8. The number of rotatable bonds is 5. The lowest BCUT2D eigenvalue weighted by Gasteiger charge is -2.35. The van der Waals surface area contributed by atoms with E-state index in [0.717, 1.165) is 27.6 Å². The summed E-state index contributed by atoms with van der Waals surface area (Å²) in [5, 5.41) is 3.83. The van der Waals surface area contributed by atoms with E-state index in [1.54, 1.807) is 24.5 Å². The number of halogens is 1. The first-order chi connectivity index (χ1) is 20.8. The maximum atomic E-state index is 15.1. The molecule has 2 aliphatic heterocycles. The Bertz CT molecular complexity index is 1900. The lowest BCUT2D eigenvalue weighted by molar-refractivity contribution is -0.176. The minimum Gasteiger partial charge on any atom is -0.458 e. The van der Waals surface area contributed by atoms with Crippen LogP contribution in [0.25, 0.3) is 22.3 Å². The molecule has 3 aliphatic rings. The number of cyclic esters (lactones) is 1. The smallest absolute Gasteiger partial charge is 0.407 e. The van der Waals surface area contributed by atoms with Gasteiger partial charge in [-0.25, -0.2) is 19.0 Å². The first kappa shape index (κ1) is 27.3. The zero-order chi connectivity index (χ0) is 30.0. The van der Waals surface area contributed by atoms with E-state index in [9.17, 15) is 14.4 Å². The highest BCUT2D eigenvalue weighted by atomic mass is 19.1. The molecule has 4 heterocycles. The van der Waals surface area contributed by atoms with Gasteiger partial charge in [0.1, 0.15) is 19.0 Å². The van der Waals surface area contributed by atoms with E-state index in [1.807, 2.05) is 30.3 Å². The van der Waals surface area contributed by atoms with Crippen molar-refractivity contribution in [2.75, 3.05) is 7.11 Å². The molecule has 10 heteroatoms. The monoisotopic (exact) mass is 583 g/mol. The van der Waals surface area contributed by atoms with Gasteiger partial charge < -0.3 is 24.1 Å². The Morgan fingerprint density at radius 2 is 1.98 bits per heavy atom. The molecule has 0 saturated heterocycles. The number of ether oxygens (including phenoxy) is 3. The Hall–Kier alpha value is -4.57. The summed E-state index contributed by atoms with van der Waals surface area (Å²) in [7, 11) is 1.42. The highest BCUT2D eigenvalue weighted by molar-refractivity contribution is 5.93. The van der Waals surface area contributed by atoms with E-state index in [4.69, 9.17) is 19.2 Å². The Labute approximate surface area is 246 Å². The molecule has 0 fully saturated rings. The number of hydrogen-bond donors (Lipinski definition) is 1. The zero-order valence-electron chi connectivity index (χ0n) is 24.1. The molecule has 4 aromatic rings. The molecule has 9 nitrogen and oxygen atoms in total. The molecule has 1 amide bonds. The van der Waals surface area contributed by atoms with E-state index in [2.05, 4.69) is 5.32 Å². The SMILES string of the molecule is CC[C@@]1(OC)C(=O)OCc2c1cc1n(c2=O)Cc2c-1nc1cc(F)c(C)c3c1c2[C@@H](NC(=O)OCc1ccccc1)CC3. The molecule has 0 bridgehead atoms. The van der Waals surface area contributed by atoms with Gasteiger partial charge in [-0.05, 0) is 54.5 Å². The molecular formula is C33H30FN3O6. The second-order valence-corrected chi connectivity index (χ2v) is 11.3. The fourth-order valence-corrected chi connectivity index (χ4v) is 6.93. The molecule has 0 spiro atoms. The number of aryl methyl sites for hydroxylation is 1. The average Bonchev–Trinajstić information content (AvgIpc) is 3.38. The van der Waals surface area contributed by atoms with Gasteiger partial charge in [0.25, 0.3) is 5.56 Å². The number of fused-ring (bicyclic) bond motifs is 5. The molecule has 2 aromatic carbocycles. The van der Waals surface area contributed by atoms with Crippen molar-refractivity contribution in [3.63, 3.8) is 0 Å². The first-order valence-corrected chi connectivity index (χ1v) is 14.4. The molecule has 0 unspecified atom stereocenters. The summed E-state index contributed by atoms with van der Waals surface area (Å²) in [5.74, 6) is -0.905. The van der Waals surface area contributed by atoms with E-state index < -0.39 is 23.7 Å². The molecular weight excluding hydrogens is 553 g/mol. The Morgan fingerprint density at radius 1 is 1.19 bits per heavy atom. The van der Waals surface area contributed by atoms with Gasteiger partial charge in [-0.2, -0.15) is 0 Å².